The number of aromatic amines is 1. The minimum Gasteiger partial charge on any atom is -0.497 e. The van der Waals surface area contributed by atoms with Crippen LogP contribution < -0.4 is 15.6 Å². The second kappa shape index (κ2) is 9.05. The van der Waals surface area contributed by atoms with Crippen LogP contribution >= 0.6 is 0 Å². The number of hydrogen-bond donors (Lipinski definition) is 2. The highest BCUT2D eigenvalue weighted by Crippen LogP contribution is 2.22. The zero-order valence-electron chi connectivity index (χ0n) is 18.2. The van der Waals surface area contributed by atoms with Crippen molar-refractivity contribution in [1.82, 2.24) is 25.1 Å². The van der Waals surface area contributed by atoms with Gasteiger partial charge in [0, 0.05) is 11.6 Å². The smallest absolute Gasteiger partial charge is 0.267 e. The lowest BCUT2D eigenvalue weighted by Crippen LogP contribution is -2.37. The summed E-state index contributed by atoms with van der Waals surface area (Å²) in [5.74, 6) is 1.19. The molecule has 0 aliphatic heterocycles. The zero-order chi connectivity index (χ0) is 22.7. The van der Waals surface area contributed by atoms with Gasteiger partial charge in [0.15, 0.2) is 0 Å². The van der Waals surface area contributed by atoms with Gasteiger partial charge in [-0.2, -0.15) is 5.10 Å². The third kappa shape index (κ3) is 4.54. The monoisotopic (exact) mass is 431 g/mol. The molecule has 8 nitrogen and oxygen atoms in total. The maximum atomic E-state index is 12.8. The van der Waals surface area contributed by atoms with Crippen molar-refractivity contribution in [2.45, 2.75) is 26.4 Å². The van der Waals surface area contributed by atoms with Gasteiger partial charge in [0.2, 0.25) is 5.91 Å². The van der Waals surface area contributed by atoms with E-state index in [9.17, 15) is 9.59 Å². The van der Waals surface area contributed by atoms with Crippen molar-refractivity contribution in [2.75, 3.05) is 7.11 Å². The number of imidazole rings is 1. The number of nitrogens with zero attached hydrogens (tertiary/aromatic N) is 3. The molecule has 2 aromatic carbocycles. The summed E-state index contributed by atoms with van der Waals surface area (Å²) in [6.07, 6.45) is 0. The molecule has 2 N–H and O–H groups in total. The molecule has 1 amide bonds. The van der Waals surface area contributed by atoms with Gasteiger partial charge >= 0.3 is 0 Å². The number of rotatable bonds is 7. The standard InChI is InChI=1S/C24H25N5O3/c1-15(2)23(24-25-19-6-4-5-7-20(19)26-24)27-21(30)14-29-22(31)13-12-18(28-29)16-8-10-17(32-3)11-9-16/h4-13,15,23H,14H2,1-3H3,(H,25,26)(H,27,30)/t23-/m0/s1. The maximum absolute atomic E-state index is 12.8. The Balaban J connectivity index is 1.53. The van der Waals surface area contributed by atoms with E-state index in [0.29, 0.717) is 11.5 Å². The van der Waals surface area contributed by atoms with Crippen LogP contribution in [0, 0.1) is 5.92 Å². The molecule has 0 saturated heterocycles. The van der Waals surface area contributed by atoms with Crippen LogP contribution in [-0.2, 0) is 11.3 Å². The highest BCUT2D eigenvalue weighted by Gasteiger charge is 2.22. The Morgan fingerprint density at radius 2 is 1.84 bits per heavy atom. The topological polar surface area (TPSA) is 102 Å². The first-order valence-corrected chi connectivity index (χ1v) is 10.4. The fraction of sp³-hybridized carbons (Fsp3) is 0.250. The Bertz CT molecular complexity index is 1260. The molecule has 2 aromatic heterocycles. The van der Waals surface area contributed by atoms with Crippen molar-refractivity contribution >= 4 is 16.9 Å². The van der Waals surface area contributed by atoms with Gasteiger partial charge in [0.1, 0.15) is 18.1 Å². The minimum absolute atomic E-state index is 0.0924. The van der Waals surface area contributed by atoms with Gasteiger partial charge in [-0.05, 0) is 48.4 Å². The molecule has 1 atom stereocenters. The maximum Gasteiger partial charge on any atom is 0.267 e. The molecule has 4 rings (SSSR count). The van der Waals surface area contributed by atoms with Crippen molar-refractivity contribution in [3.05, 3.63) is 76.8 Å². The number of fused-ring (bicyclic) bond motifs is 1. The number of methoxy groups -OCH3 is 1. The predicted octanol–water partition coefficient (Wildman–Crippen LogP) is 3.31. The number of carbonyl (C=O) groups is 1. The summed E-state index contributed by atoms with van der Waals surface area (Å²) in [7, 11) is 1.60. The van der Waals surface area contributed by atoms with E-state index in [1.165, 1.54) is 10.7 Å². The van der Waals surface area contributed by atoms with Crippen LogP contribution in [-0.4, -0.2) is 32.8 Å². The first-order chi connectivity index (χ1) is 15.4. The summed E-state index contributed by atoms with van der Waals surface area (Å²) in [6.45, 7) is 3.83. The van der Waals surface area contributed by atoms with Crippen LogP contribution in [0.15, 0.2) is 65.5 Å². The number of hydrogen-bond acceptors (Lipinski definition) is 5. The van der Waals surface area contributed by atoms with Gasteiger partial charge < -0.3 is 15.0 Å². The highest BCUT2D eigenvalue weighted by atomic mass is 16.5. The van der Waals surface area contributed by atoms with Gasteiger partial charge in [-0.15, -0.1) is 0 Å². The van der Waals surface area contributed by atoms with Crippen LogP contribution in [0.3, 0.4) is 0 Å². The molecule has 0 radical (unpaired) electrons. The van der Waals surface area contributed by atoms with Crippen molar-refractivity contribution in [1.29, 1.82) is 0 Å². The van der Waals surface area contributed by atoms with E-state index in [1.807, 2.05) is 62.4 Å². The summed E-state index contributed by atoms with van der Waals surface area (Å²) >= 11 is 0. The molecule has 0 aliphatic carbocycles. The number of benzene rings is 2. The van der Waals surface area contributed by atoms with E-state index in [0.717, 1.165) is 22.3 Å². The van der Waals surface area contributed by atoms with Crippen LogP contribution in [0.1, 0.15) is 25.7 Å². The molecule has 0 fully saturated rings. The molecule has 0 saturated carbocycles. The number of ether oxygens (including phenoxy) is 1. The number of amides is 1. The summed E-state index contributed by atoms with van der Waals surface area (Å²) < 4.78 is 6.35. The van der Waals surface area contributed by atoms with Crippen molar-refractivity contribution in [3.8, 4) is 17.0 Å². The van der Waals surface area contributed by atoms with Gasteiger partial charge in [0.25, 0.3) is 5.56 Å². The largest absolute Gasteiger partial charge is 0.497 e. The molecule has 0 bridgehead atoms. The highest BCUT2D eigenvalue weighted by molar-refractivity contribution is 5.77. The van der Waals surface area contributed by atoms with E-state index in [-0.39, 0.29) is 30.0 Å². The molecule has 0 unspecified atom stereocenters. The average Bonchev–Trinajstić information content (AvgIpc) is 3.22. The molecular weight excluding hydrogens is 406 g/mol. The SMILES string of the molecule is COc1ccc(-c2ccc(=O)n(CC(=O)N[C@H](c3nc4ccccc4[nH]3)C(C)C)n2)cc1. The number of para-hydroxylation sites is 2. The Morgan fingerprint density at radius 1 is 1.09 bits per heavy atom. The average molecular weight is 431 g/mol. The van der Waals surface area contributed by atoms with Gasteiger partial charge in [-0.25, -0.2) is 9.67 Å². The third-order valence-corrected chi connectivity index (χ3v) is 5.23. The fourth-order valence-corrected chi connectivity index (χ4v) is 3.50. The lowest BCUT2D eigenvalue weighted by Gasteiger charge is -2.20. The molecule has 0 spiro atoms. The van der Waals surface area contributed by atoms with Crippen molar-refractivity contribution in [3.63, 3.8) is 0 Å². The van der Waals surface area contributed by atoms with Crippen LogP contribution in [0.25, 0.3) is 22.3 Å². The Kier molecular flexibility index (Phi) is 6.02. The summed E-state index contributed by atoms with van der Waals surface area (Å²) in [6, 6.07) is 17.8. The molecule has 32 heavy (non-hydrogen) atoms. The minimum atomic E-state index is -0.345. The summed E-state index contributed by atoms with van der Waals surface area (Å²) in [5.41, 5.74) is 2.82. The van der Waals surface area contributed by atoms with Gasteiger partial charge in [-0.3, -0.25) is 9.59 Å². The number of nitrogens with one attached hydrogen (secondary N) is 2. The number of H-pyrrole nitrogens is 1. The Hall–Kier alpha value is -3.94. The lowest BCUT2D eigenvalue weighted by molar-refractivity contribution is -0.123. The molecule has 0 aliphatic rings. The first kappa shape index (κ1) is 21.3. The zero-order valence-corrected chi connectivity index (χ0v) is 18.2. The Morgan fingerprint density at radius 3 is 2.53 bits per heavy atom. The molecule has 164 valence electrons. The van der Waals surface area contributed by atoms with E-state index >= 15 is 0 Å². The van der Waals surface area contributed by atoms with Crippen molar-refractivity contribution in [2.24, 2.45) is 5.92 Å². The second-order valence-corrected chi connectivity index (χ2v) is 7.87. The van der Waals surface area contributed by atoms with Gasteiger partial charge in [-0.1, -0.05) is 26.0 Å². The van der Waals surface area contributed by atoms with E-state index in [4.69, 9.17) is 4.74 Å². The van der Waals surface area contributed by atoms with E-state index in [2.05, 4.69) is 20.4 Å². The lowest BCUT2D eigenvalue weighted by atomic mass is 10.0. The first-order valence-electron chi connectivity index (χ1n) is 10.4. The summed E-state index contributed by atoms with van der Waals surface area (Å²) in [4.78, 5) is 33.1. The quantitative estimate of drug-likeness (QED) is 0.467. The van der Waals surface area contributed by atoms with Crippen LogP contribution in [0.4, 0.5) is 0 Å². The molecule has 4 aromatic rings. The predicted molar refractivity (Wildman–Crippen MR) is 122 cm³/mol. The molecule has 2 heterocycles. The van der Waals surface area contributed by atoms with Gasteiger partial charge in [0.05, 0.1) is 29.9 Å². The molecular formula is C24H25N5O3. The van der Waals surface area contributed by atoms with Crippen LogP contribution in [0.2, 0.25) is 0 Å². The van der Waals surface area contributed by atoms with E-state index in [1.54, 1.807) is 13.2 Å². The third-order valence-electron chi connectivity index (χ3n) is 5.23. The second-order valence-electron chi connectivity index (χ2n) is 7.87. The number of aromatic nitrogens is 4. The van der Waals surface area contributed by atoms with E-state index < -0.39 is 0 Å². The van der Waals surface area contributed by atoms with Crippen LogP contribution in [0.5, 0.6) is 5.75 Å². The fourth-order valence-electron chi connectivity index (χ4n) is 3.50. The van der Waals surface area contributed by atoms with Crippen molar-refractivity contribution < 1.29 is 9.53 Å². The Labute approximate surface area is 185 Å². The molecule has 8 heteroatoms. The number of carbonyl (C=O) groups excluding carboxylic acids is 1. The normalized spacial score (nSPS) is 12.1. The summed E-state index contributed by atoms with van der Waals surface area (Å²) in [5, 5.41) is 7.37.